The molecule has 0 saturated carbocycles. The number of ketones is 1. The molecule has 4 rings (SSSR count). The van der Waals surface area contributed by atoms with Gasteiger partial charge < -0.3 is 10.1 Å². The van der Waals surface area contributed by atoms with E-state index in [0.717, 1.165) is 22.4 Å². The molecule has 144 valence electrons. The van der Waals surface area contributed by atoms with Crippen LogP contribution in [0.4, 0.5) is 5.69 Å². The Hall–Kier alpha value is -3.66. The number of hydrogen-bond donors (Lipinski definition) is 1. The molecule has 0 aliphatic heterocycles. The summed E-state index contributed by atoms with van der Waals surface area (Å²) in [5.41, 5.74) is 2.67. The van der Waals surface area contributed by atoms with Crippen molar-refractivity contribution in [2.24, 2.45) is 0 Å². The highest BCUT2D eigenvalue weighted by atomic mass is 16.5. The monoisotopic (exact) mass is 382 g/mol. The van der Waals surface area contributed by atoms with Crippen LogP contribution >= 0.6 is 0 Å². The number of Topliss-reactive ketones (excluding diaryl/α,β-unsaturated/α-hetero) is 1. The van der Waals surface area contributed by atoms with Gasteiger partial charge in [0, 0.05) is 30.1 Å². The van der Waals surface area contributed by atoms with Crippen molar-refractivity contribution in [2.75, 3.05) is 12.4 Å². The molecule has 0 radical (unpaired) electrons. The van der Waals surface area contributed by atoms with Crippen LogP contribution in [0.5, 0.6) is 5.75 Å². The highest BCUT2D eigenvalue weighted by Gasteiger charge is 2.17. The quantitative estimate of drug-likeness (QED) is 0.419. The van der Waals surface area contributed by atoms with Crippen LogP contribution in [-0.4, -0.2) is 17.9 Å². The number of carbonyl (C=O) groups is 1. The van der Waals surface area contributed by atoms with Crippen LogP contribution in [0.2, 0.25) is 0 Å². The lowest BCUT2D eigenvalue weighted by Crippen LogP contribution is -2.16. The molecule has 0 spiro atoms. The Bertz CT molecular complexity index is 1110. The predicted octanol–water partition coefficient (Wildman–Crippen LogP) is 5.67. The largest absolute Gasteiger partial charge is 0.497 e. The highest BCUT2D eigenvalue weighted by molar-refractivity contribution is 5.97. The molecule has 0 fully saturated rings. The van der Waals surface area contributed by atoms with E-state index in [2.05, 4.69) is 34.6 Å². The van der Waals surface area contributed by atoms with E-state index in [-0.39, 0.29) is 11.8 Å². The van der Waals surface area contributed by atoms with Crippen molar-refractivity contribution >= 4 is 22.2 Å². The number of ether oxygens (including phenoxy) is 1. The number of pyridine rings is 1. The summed E-state index contributed by atoms with van der Waals surface area (Å²) in [6, 6.07) is 25.5. The first kappa shape index (κ1) is 18.7. The van der Waals surface area contributed by atoms with Gasteiger partial charge in [0.15, 0.2) is 5.78 Å². The second-order valence-corrected chi connectivity index (χ2v) is 6.90. The molecule has 4 nitrogen and oxygen atoms in total. The number of benzene rings is 3. The van der Waals surface area contributed by atoms with Crippen molar-refractivity contribution < 1.29 is 9.53 Å². The van der Waals surface area contributed by atoms with Crippen LogP contribution < -0.4 is 10.1 Å². The number of carbonyl (C=O) groups excluding carboxylic acids is 1. The van der Waals surface area contributed by atoms with Crippen LogP contribution in [0.3, 0.4) is 0 Å². The molecule has 1 atom stereocenters. The van der Waals surface area contributed by atoms with Crippen molar-refractivity contribution in [1.82, 2.24) is 4.98 Å². The molecule has 0 saturated heterocycles. The number of aromatic nitrogens is 1. The Morgan fingerprint density at radius 2 is 1.66 bits per heavy atom. The maximum absolute atomic E-state index is 12.9. The van der Waals surface area contributed by atoms with Gasteiger partial charge in [0.25, 0.3) is 0 Å². The third-order valence-electron chi connectivity index (χ3n) is 5.00. The lowest BCUT2D eigenvalue weighted by molar-refractivity contribution is 0.0976. The average molecular weight is 382 g/mol. The number of methoxy groups -OCH3 is 1. The SMILES string of the molecule is COc1ccc(C(=O)C[C@H](Nc2ccc3ccccc3c2)c2ccncc2)cc1. The minimum Gasteiger partial charge on any atom is -0.497 e. The first-order chi connectivity index (χ1) is 14.2. The summed E-state index contributed by atoms with van der Waals surface area (Å²) in [4.78, 5) is 17.0. The second kappa shape index (κ2) is 8.57. The Morgan fingerprint density at radius 3 is 2.38 bits per heavy atom. The summed E-state index contributed by atoms with van der Waals surface area (Å²) in [7, 11) is 1.61. The molecule has 4 aromatic rings. The first-order valence-corrected chi connectivity index (χ1v) is 9.55. The Labute approximate surface area is 170 Å². The number of rotatable bonds is 7. The lowest BCUT2D eigenvalue weighted by atomic mass is 9.98. The minimum absolute atomic E-state index is 0.0720. The van der Waals surface area contributed by atoms with Crippen LogP contribution in [0, 0.1) is 0 Å². The minimum atomic E-state index is -0.159. The fraction of sp³-hybridized carbons (Fsp3) is 0.120. The molecular formula is C25H22N2O2. The molecule has 1 N–H and O–H groups in total. The van der Waals surface area contributed by atoms with Gasteiger partial charge in [-0.1, -0.05) is 30.3 Å². The van der Waals surface area contributed by atoms with Crippen LogP contribution in [0.1, 0.15) is 28.4 Å². The Kier molecular flexibility index (Phi) is 5.52. The van der Waals surface area contributed by atoms with Gasteiger partial charge >= 0.3 is 0 Å². The zero-order chi connectivity index (χ0) is 20.1. The predicted molar refractivity (Wildman–Crippen MR) is 116 cm³/mol. The molecular weight excluding hydrogens is 360 g/mol. The molecule has 0 amide bonds. The third-order valence-corrected chi connectivity index (χ3v) is 5.00. The average Bonchev–Trinajstić information content (AvgIpc) is 2.79. The van der Waals surface area contributed by atoms with Gasteiger partial charge in [0.05, 0.1) is 13.2 Å². The van der Waals surface area contributed by atoms with Gasteiger partial charge in [0.1, 0.15) is 5.75 Å². The Balaban J connectivity index is 1.59. The molecule has 1 heterocycles. The molecule has 29 heavy (non-hydrogen) atoms. The smallest absolute Gasteiger partial charge is 0.165 e. The van der Waals surface area contributed by atoms with E-state index in [9.17, 15) is 4.79 Å². The van der Waals surface area contributed by atoms with Crippen molar-refractivity contribution in [3.63, 3.8) is 0 Å². The van der Waals surface area contributed by atoms with Crippen LogP contribution in [0.15, 0.2) is 91.3 Å². The van der Waals surface area contributed by atoms with E-state index in [4.69, 9.17) is 4.74 Å². The summed E-state index contributed by atoms with van der Waals surface area (Å²) in [6.45, 7) is 0. The van der Waals surface area contributed by atoms with E-state index in [1.165, 1.54) is 5.39 Å². The van der Waals surface area contributed by atoms with Crippen molar-refractivity contribution in [2.45, 2.75) is 12.5 Å². The maximum atomic E-state index is 12.9. The standard InChI is InChI=1S/C25H22N2O2/c1-29-23-10-7-20(8-11-23)25(28)17-24(19-12-14-26-15-13-19)27-22-9-6-18-4-2-3-5-21(18)16-22/h2-16,24,27H,17H2,1H3/t24-/m0/s1. The maximum Gasteiger partial charge on any atom is 0.165 e. The zero-order valence-corrected chi connectivity index (χ0v) is 16.2. The summed E-state index contributed by atoms with van der Waals surface area (Å²) in [6.07, 6.45) is 3.84. The number of hydrogen-bond acceptors (Lipinski definition) is 4. The fourth-order valence-corrected chi connectivity index (χ4v) is 3.41. The van der Waals surface area contributed by atoms with E-state index >= 15 is 0 Å². The number of fused-ring (bicyclic) bond motifs is 1. The van der Waals surface area contributed by atoms with Gasteiger partial charge in [-0.2, -0.15) is 0 Å². The molecule has 0 aliphatic rings. The lowest BCUT2D eigenvalue weighted by Gasteiger charge is -2.20. The zero-order valence-electron chi connectivity index (χ0n) is 16.2. The van der Waals surface area contributed by atoms with Gasteiger partial charge in [-0.3, -0.25) is 9.78 Å². The molecule has 0 unspecified atom stereocenters. The summed E-state index contributed by atoms with van der Waals surface area (Å²) >= 11 is 0. The van der Waals surface area contributed by atoms with Gasteiger partial charge in [0.2, 0.25) is 0 Å². The highest BCUT2D eigenvalue weighted by Crippen LogP contribution is 2.27. The van der Waals surface area contributed by atoms with Crippen molar-refractivity contribution in [3.8, 4) is 5.75 Å². The molecule has 0 bridgehead atoms. The normalized spacial score (nSPS) is 11.8. The first-order valence-electron chi connectivity index (χ1n) is 9.55. The van der Waals surface area contributed by atoms with E-state index in [1.54, 1.807) is 31.6 Å². The Morgan fingerprint density at radius 1 is 0.931 bits per heavy atom. The van der Waals surface area contributed by atoms with E-state index < -0.39 is 0 Å². The molecule has 1 aromatic heterocycles. The van der Waals surface area contributed by atoms with Crippen molar-refractivity contribution in [1.29, 1.82) is 0 Å². The molecule has 3 aromatic carbocycles. The van der Waals surface area contributed by atoms with Crippen LogP contribution in [-0.2, 0) is 0 Å². The fourth-order valence-electron chi connectivity index (χ4n) is 3.41. The van der Waals surface area contributed by atoms with Crippen LogP contribution in [0.25, 0.3) is 10.8 Å². The van der Waals surface area contributed by atoms with Gasteiger partial charge in [-0.05, 0) is 64.9 Å². The number of nitrogens with one attached hydrogen (secondary N) is 1. The second-order valence-electron chi connectivity index (χ2n) is 6.90. The number of nitrogens with zero attached hydrogens (tertiary/aromatic N) is 1. The molecule has 4 heteroatoms. The summed E-state index contributed by atoms with van der Waals surface area (Å²) in [5.74, 6) is 0.810. The van der Waals surface area contributed by atoms with Crippen molar-refractivity contribution in [3.05, 3.63) is 102 Å². The number of anilines is 1. The summed E-state index contributed by atoms with van der Waals surface area (Å²) in [5, 5.41) is 5.88. The molecule has 0 aliphatic carbocycles. The summed E-state index contributed by atoms with van der Waals surface area (Å²) < 4.78 is 5.18. The topological polar surface area (TPSA) is 51.2 Å². The third kappa shape index (κ3) is 4.43. The van der Waals surface area contributed by atoms with E-state index in [1.807, 2.05) is 42.5 Å². The van der Waals surface area contributed by atoms with E-state index in [0.29, 0.717) is 12.0 Å². The van der Waals surface area contributed by atoms with Gasteiger partial charge in [-0.25, -0.2) is 0 Å². The van der Waals surface area contributed by atoms with Gasteiger partial charge in [-0.15, -0.1) is 0 Å².